The molecule has 144 valence electrons. The maximum atomic E-state index is 13.3. The zero-order valence-corrected chi connectivity index (χ0v) is 15.5. The molecule has 0 saturated heterocycles. The third-order valence-corrected chi connectivity index (χ3v) is 5.21. The summed E-state index contributed by atoms with van der Waals surface area (Å²) in [6.45, 7) is 0.670. The van der Waals surface area contributed by atoms with E-state index in [1.807, 2.05) is 12.1 Å². The molecule has 0 atom stereocenters. The summed E-state index contributed by atoms with van der Waals surface area (Å²) in [4.78, 5) is 13.3. The van der Waals surface area contributed by atoms with Crippen LogP contribution in [0.2, 0.25) is 0 Å². The van der Waals surface area contributed by atoms with Gasteiger partial charge in [-0.3, -0.25) is 4.79 Å². The Balaban J connectivity index is 1.75. The number of carbonyl (C=O) groups excluding carboxylic acids is 1. The van der Waals surface area contributed by atoms with Gasteiger partial charge in [-0.1, -0.05) is 12.1 Å². The van der Waals surface area contributed by atoms with Gasteiger partial charge >= 0.3 is 0 Å². The molecule has 0 spiro atoms. The molecule has 4 aromatic rings. The van der Waals surface area contributed by atoms with E-state index in [0.29, 0.717) is 23.3 Å². The molecule has 0 unspecified atom stereocenters. The molecule has 0 aliphatic carbocycles. The van der Waals surface area contributed by atoms with Gasteiger partial charge < -0.3 is 19.4 Å². The van der Waals surface area contributed by atoms with Crippen LogP contribution in [-0.2, 0) is 6.42 Å². The molecule has 5 heteroatoms. The highest BCUT2D eigenvalue weighted by Crippen LogP contribution is 2.40. The molecule has 0 saturated carbocycles. The molecule has 0 fully saturated rings. The minimum Gasteiger partial charge on any atom is -0.508 e. The van der Waals surface area contributed by atoms with Gasteiger partial charge in [0.15, 0.2) is 5.76 Å². The van der Waals surface area contributed by atoms with E-state index in [1.54, 1.807) is 36.4 Å². The van der Waals surface area contributed by atoms with E-state index in [1.165, 1.54) is 12.1 Å². The van der Waals surface area contributed by atoms with E-state index in [2.05, 4.69) is 0 Å². The lowest BCUT2D eigenvalue weighted by Crippen LogP contribution is -2.07. The van der Waals surface area contributed by atoms with Crippen molar-refractivity contribution in [3.63, 3.8) is 0 Å². The van der Waals surface area contributed by atoms with Crippen LogP contribution in [-0.4, -0.2) is 22.6 Å². The Morgan fingerprint density at radius 2 is 1.59 bits per heavy atom. The highest BCUT2D eigenvalue weighted by molar-refractivity contribution is 6.16. The van der Waals surface area contributed by atoms with Gasteiger partial charge in [0.25, 0.3) is 0 Å². The first-order valence-electron chi connectivity index (χ1n) is 9.45. The second-order valence-corrected chi connectivity index (χ2v) is 7.14. The van der Waals surface area contributed by atoms with Crippen LogP contribution in [0.4, 0.5) is 0 Å². The topological polar surface area (TPSA) is 79.9 Å². The molecule has 3 aromatic carbocycles. The van der Waals surface area contributed by atoms with Gasteiger partial charge in [0.2, 0.25) is 5.78 Å². The van der Waals surface area contributed by atoms with Gasteiger partial charge in [-0.05, 0) is 66.4 Å². The first-order valence-corrected chi connectivity index (χ1v) is 9.45. The molecular formula is C24H18O5. The van der Waals surface area contributed by atoms with E-state index in [4.69, 9.17) is 9.15 Å². The van der Waals surface area contributed by atoms with E-state index in [0.717, 1.165) is 35.1 Å². The minimum atomic E-state index is -0.275. The van der Waals surface area contributed by atoms with Crippen LogP contribution in [0.5, 0.6) is 17.2 Å². The zero-order chi connectivity index (χ0) is 20.0. The van der Waals surface area contributed by atoms with Crippen LogP contribution in [0.15, 0.2) is 65.1 Å². The molecule has 5 nitrogen and oxygen atoms in total. The average Bonchev–Trinajstić information content (AvgIpc) is 3.11. The summed E-state index contributed by atoms with van der Waals surface area (Å²) in [7, 11) is 0. The van der Waals surface area contributed by atoms with Crippen LogP contribution >= 0.6 is 0 Å². The van der Waals surface area contributed by atoms with Crippen LogP contribution < -0.4 is 4.74 Å². The number of phenolic OH excluding ortho intramolecular Hbond substituents is 2. The summed E-state index contributed by atoms with van der Waals surface area (Å²) in [5.41, 5.74) is 3.55. The van der Waals surface area contributed by atoms with Gasteiger partial charge in [0, 0.05) is 22.6 Å². The predicted molar refractivity (Wildman–Crippen MR) is 109 cm³/mol. The number of hydrogen-bond acceptors (Lipinski definition) is 5. The van der Waals surface area contributed by atoms with Gasteiger partial charge in [0.05, 0.1) is 6.61 Å². The van der Waals surface area contributed by atoms with Crippen LogP contribution in [0.1, 0.15) is 28.1 Å². The number of ketones is 1. The normalized spacial score (nSPS) is 13.1. The highest BCUT2D eigenvalue weighted by atomic mass is 16.5. The first-order chi connectivity index (χ1) is 14.1. The molecule has 1 aliphatic heterocycles. The number of phenols is 2. The maximum Gasteiger partial charge on any atom is 0.228 e. The molecule has 29 heavy (non-hydrogen) atoms. The molecular weight excluding hydrogens is 368 g/mol. The second-order valence-electron chi connectivity index (χ2n) is 7.14. The van der Waals surface area contributed by atoms with Crippen LogP contribution in [0, 0.1) is 0 Å². The Morgan fingerprint density at radius 3 is 2.31 bits per heavy atom. The third-order valence-electron chi connectivity index (χ3n) is 5.21. The summed E-state index contributed by atoms with van der Waals surface area (Å²) >= 11 is 0. The van der Waals surface area contributed by atoms with Crippen molar-refractivity contribution in [3.8, 4) is 28.4 Å². The van der Waals surface area contributed by atoms with Crippen molar-refractivity contribution >= 4 is 16.8 Å². The third kappa shape index (κ3) is 3.01. The van der Waals surface area contributed by atoms with Gasteiger partial charge in [0.1, 0.15) is 22.8 Å². The molecule has 5 rings (SSSR count). The van der Waals surface area contributed by atoms with Crippen molar-refractivity contribution in [2.75, 3.05) is 6.61 Å². The number of furan rings is 1. The van der Waals surface area contributed by atoms with Crippen LogP contribution in [0.3, 0.4) is 0 Å². The van der Waals surface area contributed by atoms with Crippen LogP contribution in [0.25, 0.3) is 22.1 Å². The smallest absolute Gasteiger partial charge is 0.228 e. The summed E-state index contributed by atoms with van der Waals surface area (Å²) < 4.78 is 11.8. The van der Waals surface area contributed by atoms with E-state index >= 15 is 0 Å². The zero-order valence-electron chi connectivity index (χ0n) is 15.5. The van der Waals surface area contributed by atoms with Crippen molar-refractivity contribution < 1.29 is 24.2 Å². The van der Waals surface area contributed by atoms with E-state index in [9.17, 15) is 15.0 Å². The Morgan fingerprint density at radius 1 is 0.897 bits per heavy atom. The number of rotatable bonds is 3. The SMILES string of the molecule is O=C(c1ccc(O)cc1)c1oc2cc3c(cc2c1-c1ccc(O)cc1)CCCO3. The fourth-order valence-electron chi connectivity index (χ4n) is 3.76. The molecule has 0 amide bonds. The van der Waals surface area contributed by atoms with Crippen molar-refractivity contribution in [1.29, 1.82) is 0 Å². The number of ether oxygens (including phenoxy) is 1. The summed E-state index contributed by atoms with van der Waals surface area (Å²) in [5, 5.41) is 20.0. The minimum absolute atomic E-state index is 0.0924. The maximum absolute atomic E-state index is 13.3. The molecule has 1 aliphatic rings. The summed E-state index contributed by atoms with van der Waals surface area (Å²) in [5.74, 6) is 0.980. The number of benzene rings is 3. The number of hydrogen-bond donors (Lipinski definition) is 2. The Labute approximate surface area is 166 Å². The lowest BCUT2D eigenvalue weighted by Gasteiger charge is -2.16. The number of carbonyl (C=O) groups is 1. The summed E-state index contributed by atoms with van der Waals surface area (Å²) in [6.07, 6.45) is 1.86. The first kappa shape index (κ1) is 17.4. The molecule has 2 heterocycles. The second kappa shape index (κ2) is 6.71. The Bertz CT molecular complexity index is 1220. The molecule has 2 N–H and O–H groups in total. The number of aromatic hydroxyl groups is 2. The Hall–Kier alpha value is -3.73. The number of aryl methyl sites for hydroxylation is 1. The van der Waals surface area contributed by atoms with Crippen molar-refractivity contribution in [2.45, 2.75) is 12.8 Å². The Kier molecular flexibility index (Phi) is 4.02. The standard InChI is InChI=1S/C24H18O5/c25-17-7-3-14(4-8-17)22-19-12-16-2-1-11-28-20(16)13-21(19)29-24(22)23(27)15-5-9-18(26)10-6-15/h3-10,12-13,25-26H,1-2,11H2. The van der Waals surface area contributed by atoms with Crippen molar-refractivity contribution in [3.05, 3.63) is 77.6 Å². The lowest BCUT2D eigenvalue weighted by molar-refractivity contribution is 0.101. The fourth-order valence-corrected chi connectivity index (χ4v) is 3.76. The fraction of sp³-hybridized carbons (Fsp3) is 0.125. The highest BCUT2D eigenvalue weighted by Gasteiger charge is 2.25. The average molecular weight is 386 g/mol. The van der Waals surface area contributed by atoms with E-state index in [-0.39, 0.29) is 23.0 Å². The van der Waals surface area contributed by atoms with Crippen molar-refractivity contribution in [2.24, 2.45) is 0 Å². The molecule has 0 radical (unpaired) electrons. The van der Waals surface area contributed by atoms with Crippen molar-refractivity contribution in [1.82, 2.24) is 0 Å². The largest absolute Gasteiger partial charge is 0.508 e. The van der Waals surface area contributed by atoms with Gasteiger partial charge in [-0.15, -0.1) is 0 Å². The molecule has 0 bridgehead atoms. The quantitative estimate of drug-likeness (QED) is 0.481. The van der Waals surface area contributed by atoms with E-state index < -0.39 is 0 Å². The van der Waals surface area contributed by atoms with Gasteiger partial charge in [-0.25, -0.2) is 0 Å². The van der Waals surface area contributed by atoms with Gasteiger partial charge in [-0.2, -0.15) is 0 Å². The summed E-state index contributed by atoms with van der Waals surface area (Å²) in [6, 6.07) is 16.7. The lowest BCUT2D eigenvalue weighted by atomic mass is 9.95. The molecule has 1 aromatic heterocycles. The predicted octanol–water partition coefficient (Wildman–Crippen LogP) is 5.07. The monoisotopic (exact) mass is 386 g/mol. The number of fused-ring (bicyclic) bond motifs is 2.